The van der Waals surface area contributed by atoms with Gasteiger partial charge >= 0.3 is 12.1 Å². The lowest BCUT2D eigenvalue weighted by molar-refractivity contribution is -0.169. The molecule has 1 aliphatic carbocycles. The molecule has 39 heavy (non-hydrogen) atoms. The summed E-state index contributed by atoms with van der Waals surface area (Å²) in [4.78, 5) is 28.0. The molecule has 2 heterocycles. The molecule has 7 atom stereocenters. The van der Waals surface area contributed by atoms with Crippen molar-refractivity contribution in [2.24, 2.45) is 29.1 Å². The van der Waals surface area contributed by atoms with E-state index in [4.69, 9.17) is 14.2 Å². The number of carbonyl (C=O) groups is 2. The van der Waals surface area contributed by atoms with Gasteiger partial charge in [-0.25, -0.2) is 9.59 Å². The van der Waals surface area contributed by atoms with Crippen LogP contribution < -0.4 is 10.6 Å². The zero-order valence-electron chi connectivity index (χ0n) is 24.1. The maximum atomic E-state index is 13.2. The summed E-state index contributed by atoms with van der Waals surface area (Å²) in [7, 11) is 0. The quantitative estimate of drug-likeness (QED) is 0.390. The van der Waals surface area contributed by atoms with E-state index < -0.39 is 18.2 Å². The summed E-state index contributed by atoms with van der Waals surface area (Å²) < 4.78 is 17.5. The number of nitrogens with zero attached hydrogens (tertiary/aromatic N) is 1. The number of rotatable bonds is 11. The third kappa shape index (κ3) is 8.08. The van der Waals surface area contributed by atoms with Crippen molar-refractivity contribution in [1.82, 2.24) is 15.5 Å². The van der Waals surface area contributed by atoms with Crippen LogP contribution in [0.15, 0.2) is 30.3 Å². The second kappa shape index (κ2) is 12.9. The average molecular weight is 546 g/mol. The van der Waals surface area contributed by atoms with Crippen LogP contribution in [0.25, 0.3) is 0 Å². The summed E-state index contributed by atoms with van der Waals surface area (Å²) in [5.74, 6) is 0.987. The van der Waals surface area contributed by atoms with E-state index in [1.54, 1.807) is 4.90 Å². The van der Waals surface area contributed by atoms with Crippen LogP contribution in [0.1, 0.15) is 53.0 Å². The molecule has 0 spiro atoms. The predicted octanol–water partition coefficient (Wildman–Crippen LogP) is 3.80. The number of amides is 3. The van der Waals surface area contributed by atoms with E-state index in [0.29, 0.717) is 38.6 Å². The van der Waals surface area contributed by atoms with Crippen LogP contribution >= 0.6 is 0 Å². The smallest absolute Gasteiger partial charge is 0.407 e. The molecule has 218 valence electrons. The zero-order valence-corrected chi connectivity index (χ0v) is 24.1. The SMILES string of the molecule is CC(C)CCN(C[C@@H](O)[C@H](Cc1ccccc1)NC(=O)OC1C2COC3OCC1C3C2)C(=O)NCC(C)(C)C. The minimum Gasteiger partial charge on any atom is -0.445 e. The number of hydrogen-bond acceptors (Lipinski definition) is 6. The number of alkyl carbamates (subject to hydrolysis) is 1. The Bertz CT molecular complexity index is 952. The van der Waals surface area contributed by atoms with Gasteiger partial charge in [0.1, 0.15) is 6.10 Å². The number of urea groups is 1. The van der Waals surface area contributed by atoms with Gasteiger partial charge in [0.2, 0.25) is 0 Å². The molecular formula is C30H47N3O6. The topological polar surface area (TPSA) is 109 Å². The van der Waals surface area contributed by atoms with Crippen molar-refractivity contribution in [1.29, 1.82) is 0 Å². The maximum Gasteiger partial charge on any atom is 0.407 e. The molecule has 9 nitrogen and oxygen atoms in total. The van der Waals surface area contributed by atoms with Crippen molar-refractivity contribution >= 4 is 12.1 Å². The number of fused-ring (bicyclic) bond motifs is 1. The van der Waals surface area contributed by atoms with Crippen molar-refractivity contribution in [3.63, 3.8) is 0 Å². The van der Waals surface area contributed by atoms with Crippen LogP contribution in [0.5, 0.6) is 0 Å². The van der Waals surface area contributed by atoms with Crippen molar-refractivity contribution < 1.29 is 28.9 Å². The Balaban J connectivity index is 1.43. The van der Waals surface area contributed by atoms with E-state index in [-0.39, 0.29) is 48.1 Å². The molecular weight excluding hydrogens is 498 g/mol. The van der Waals surface area contributed by atoms with Gasteiger partial charge in [-0.1, -0.05) is 65.0 Å². The first-order valence-corrected chi connectivity index (χ1v) is 14.5. The highest BCUT2D eigenvalue weighted by atomic mass is 16.7. The number of hydrogen-bond donors (Lipinski definition) is 3. The van der Waals surface area contributed by atoms with Gasteiger partial charge in [0.25, 0.3) is 0 Å². The van der Waals surface area contributed by atoms with E-state index in [9.17, 15) is 14.7 Å². The Morgan fingerprint density at radius 2 is 1.85 bits per heavy atom. The minimum atomic E-state index is -0.990. The molecule has 3 aliphatic rings. The monoisotopic (exact) mass is 545 g/mol. The Labute approximate surface area is 232 Å². The fourth-order valence-electron chi connectivity index (χ4n) is 5.80. The summed E-state index contributed by atoms with van der Waals surface area (Å²) in [6, 6.07) is 8.88. The van der Waals surface area contributed by atoms with Gasteiger partial charge in [-0.2, -0.15) is 0 Å². The van der Waals surface area contributed by atoms with Gasteiger partial charge in [-0.3, -0.25) is 0 Å². The Hall–Kier alpha value is -2.36. The van der Waals surface area contributed by atoms with Crippen LogP contribution in [0.2, 0.25) is 0 Å². The Morgan fingerprint density at radius 1 is 1.13 bits per heavy atom. The lowest BCUT2D eigenvalue weighted by Crippen LogP contribution is -2.53. The van der Waals surface area contributed by atoms with Crippen molar-refractivity contribution in [2.75, 3.05) is 32.8 Å². The number of benzene rings is 1. The third-order valence-electron chi connectivity index (χ3n) is 8.04. The number of ether oxygens (including phenoxy) is 3. The average Bonchev–Trinajstić information content (AvgIpc) is 3.41. The molecule has 0 radical (unpaired) electrons. The second-order valence-electron chi connectivity index (χ2n) is 13.1. The minimum absolute atomic E-state index is 0.0624. The standard InChI is InChI=1S/C30H47N3O6/c1-19(2)11-12-33(28(35)31-18-30(3,4)5)15-25(34)24(13-20-9-7-6-8-10-20)32-29(36)39-26-21-14-22-23(26)17-38-27(22)37-16-21/h6-10,19,21-27,34H,11-18H2,1-5H3,(H,31,35)(H,32,36)/t21?,22?,23?,24-,25+,26?,27?/m0/s1. The summed E-state index contributed by atoms with van der Waals surface area (Å²) in [6.45, 7) is 12.6. The Kier molecular flexibility index (Phi) is 9.78. The number of aliphatic hydroxyl groups is 1. The highest BCUT2D eigenvalue weighted by Crippen LogP contribution is 2.49. The van der Waals surface area contributed by atoms with E-state index in [0.717, 1.165) is 18.4 Å². The van der Waals surface area contributed by atoms with Crippen LogP contribution in [0, 0.1) is 29.1 Å². The number of nitrogens with one attached hydrogen (secondary N) is 2. The first-order valence-electron chi connectivity index (χ1n) is 14.5. The van der Waals surface area contributed by atoms with Gasteiger partial charge in [0.05, 0.1) is 31.9 Å². The molecule has 0 aromatic heterocycles. The first kappa shape index (κ1) is 29.6. The number of aliphatic hydroxyl groups excluding tert-OH is 1. The molecule has 1 saturated carbocycles. The van der Waals surface area contributed by atoms with E-state index in [2.05, 4.69) is 45.3 Å². The molecule has 2 aliphatic heterocycles. The van der Waals surface area contributed by atoms with Gasteiger partial charge in [-0.05, 0) is 36.2 Å². The zero-order chi connectivity index (χ0) is 28.2. The summed E-state index contributed by atoms with van der Waals surface area (Å²) in [5, 5.41) is 17.4. The first-order chi connectivity index (χ1) is 18.5. The normalized spacial score (nSPS) is 27.2. The van der Waals surface area contributed by atoms with Crippen LogP contribution in [-0.2, 0) is 20.6 Å². The predicted molar refractivity (Wildman–Crippen MR) is 148 cm³/mol. The molecule has 1 aromatic rings. The molecule has 3 N–H and O–H groups in total. The van der Waals surface area contributed by atoms with Crippen molar-refractivity contribution in [3.05, 3.63) is 35.9 Å². The molecule has 2 bridgehead atoms. The summed E-state index contributed by atoms with van der Waals surface area (Å²) in [5.41, 5.74) is 0.914. The van der Waals surface area contributed by atoms with Crippen molar-refractivity contribution in [3.8, 4) is 0 Å². The van der Waals surface area contributed by atoms with E-state index in [1.807, 2.05) is 30.3 Å². The van der Waals surface area contributed by atoms with E-state index >= 15 is 0 Å². The molecule has 5 unspecified atom stereocenters. The molecule has 9 heteroatoms. The van der Waals surface area contributed by atoms with Crippen molar-refractivity contribution in [2.45, 2.75) is 78.4 Å². The molecule has 2 saturated heterocycles. The molecule has 3 amide bonds. The number of carbonyl (C=O) groups excluding carboxylic acids is 2. The van der Waals surface area contributed by atoms with Gasteiger partial charge in [0, 0.05) is 30.8 Å². The highest BCUT2D eigenvalue weighted by Gasteiger charge is 2.56. The maximum absolute atomic E-state index is 13.2. The summed E-state index contributed by atoms with van der Waals surface area (Å²) in [6.07, 6.45) is 0.174. The van der Waals surface area contributed by atoms with Gasteiger partial charge < -0.3 is 34.9 Å². The fraction of sp³-hybridized carbons (Fsp3) is 0.733. The second-order valence-corrected chi connectivity index (χ2v) is 13.1. The summed E-state index contributed by atoms with van der Waals surface area (Å²) >= 11 is 0. The third-order valence-corrected chi connectivity index (χ3v) is 8.04. The largest absolute Gasteiger partial charge is 0.445 e. The van der Waals surface area contributed by atoms with E-state index in [1.165, 1.54) is 0 Å². The van der Waals surface area contributed by atoms with Crippen LogP contribution in [0.4, 0.5) is 9.59 Å². The van der Waals surface area contributed by atoms with Gasteiger partial charge in [-0.15, -0.1) is 0 Å². The molecule has 4 rings (SSSR count). The molecule has 3 fully saturated rings. The lowest BCUT2D eigenvalue weighted by Gasteiger charge is -2.32. The van der Waals surface area contributed by atoms with Crippen LogP contribution in [0.3, 0.4) is 0 Å². The Morgan fingerprint density at radius 3 is 2.54 bits per heavy atom. The highest BCUT2D eigenvalue weighted by molar-refractivity contribution is 5.74. The van der Waals surface area contributed by atoms with Gasteiger partial charge in [0.15, 0.2) is 6.29 Å². The lowest BCUT2D eigenvalue weighted by atomic mass is 9.97. The molecule has 1 aromatic carbocycles. The fourth-order valence-corrected chi connectivity index (χ4v) is 5.80. The van der Waals surface area contributed by atoms with Crippen LogP contribution in [-0.4, -0.2) is 79.5 Å².